The van der Waals surface area contributed by atoms with Gasteiger partial charge in [-0.1, -0.05) is 19.3 Å². The first kappa shape index (κ1) is 15.5. The van der Waals surface area contributed by atoms with Gasteiger partial charge in [-0.05, 0) is 42.6 Å². The van der Waals surface area contributed by atoms with Gasteiger partial charge in [-0.25, -0.2) is 0 Å². The predicted octanol–water partition coefficient (Wildman–Crippen LogP) is 2.99. The lowest BCUT2D eigenvalue weighted by molar-refractivity contribution is 0.0555. The number of rotatable bonds is 2. The first-order valence-corrected chi connectivity index (χ1v) is 8.97. The van der Waals surface area contributed by atoms with Crippen molar-refractivity contribution in [3.8, 4) is 0 Å². The van der Waals surface area contributed by atoms with E-state index in [-0.39, 0.29) is 0 Å². The maximum Gasteiger partial charge on any atom is 0.0739 e. The molecule has 4 nitrogen and oxygen atoms in total. The van der Waals surface area contributed by atoms with E-state index in [0.717, 1.165) is 18.8 Å². The SMILES string of the molecule is Cc1nn(C)c(CN2CC3(CCCCC3)NCC2C)c1Br. The number of aryl methyl sites for hydroxylation is 2. The lowest BCUT2D eigenvalue weighted by Gasteiger charge is -2.49. The quantitative estimate of drug-likeness (QED) is 0.886. The summed E-state index contributed by atoms with van der Waals surface area (Å²) in [5.74, 6) is 0. The Kier molecular flexibility index (Phi) is 4.44. The van der Waals surface area contributed by atoms with E-state index >= 15 is 0 Å². The number of nitrogens with zero attached hydrogens (tertiary/aromatic N) is 3. The molecule has 1 aromatic heterocycles. The maximum absolute atomic E-state index is 4.53. The zero-order valence-electron chi connectivity index (χ0n) is 13.5. The van der Waals surface area contributed by atoms with Gasteiger partial charge in [0.05, 0.1) is 15.9 Å². The molecule has 3 rings (SSSR count). The van der Waals surface area contributed by atoms with Crippen LogP contribution in [-0.2, 0) is 13.6 Å². The van der Waals surface area contributed by atoms with Crippen LogP contribution < -0.4 is 5.32 Å². The van der Waals surface area contributed by atoms with Crippen LogP contribution in [0.3, 0.4) is 0 Å². The summed E-state index contributed by atoms with van der Waals surface area (Å²) in [7, 11) is 2.05. The summed E-state index contributed by atoms with van der Waals surface area (Å²) in [6, 6.07) is 0.583. The van der Waals surface area contributed by atoms with Crippen LogP contribution in [0.1, 0.15) is 50.4 Å². The second-order valence-corrected chi connectivity index (χ2v) is 7.74. The van der Waals surface area contributed by atoms with E-state index in [2.05, 4.69) is 52.1 Å². The standard InChI is InChI=1S/C16H27BrN4/c1-12-9-18-16(7-5-4-6-8-16)11-21(12)10-14-15(17)13(2)19-20(14)3/h12,18H,4-11H2,1-3H3. The molecule has 5 heteroatoms. The summed E-state index contributed by atoms with van der Waals surface area (Å²) in [6.07, 6.45) is 6.84. The molecule has 0 aromatic carbocycles. The molecule has 2 aliphatic rings. The maximum atomic E-state index is 4.53. The number of hydrogen-bond donors (Lipinski definition) is 1. The second-order valence-electron chi connectivity index (χ2n) is 6.95. The van der Waals surface area contributed by atoms with E-state index in [9.17, 15) is 0 Å². The molecule has 2 fully saturated rings. The van der Waals surface area contributed by atoms with Crippen LogP contribution in [0.4, 0.5) is 0 Å². The fourth-order valence-electron chi connectivity index (χ4n) is 3.91. The first-order valence-electron chi connectivity index (χ1n) is 8.18. The molecule has 1 aromatic rings. The Labute approximate surface area is 136 Å². The second kappa shape index (κ2) is 6.01. The van der Waals surface area contributed by atoms with E-state index in [4.69, 9.17) is 0 Å². The summed E-state index contributed by atoms with van der Waals surface area (Å²) in [6.45, 7) is 7.67. The molecular formula is C16H27BrN4. The van der Waals surface area contributed by atoms with Gasteiger partial charge in [-0.2, -0.15) is 5.10 Å². The smallest absolute Gasteiger partial charge is 0.0739 e. The van der Waals surface area contributed by atoms with Crippen LogP contribution in [0.5, 0.6) is 0 Å². The van der Waals surface area contributed by atoms with Crippen LogP contribution in [0.25, 0.3) is 0 Å². The van der Waals surface area contributed by atoms with Gasteiger partial charge in [0, 0.05) is 38.3 Å². The molecule has 1 unspecified atom stereocenters. The molecule has 21 heavy (non-hydrogen) atoms. The molecule has 118 valence electrons. The van der Waals surface area contributed by atoms with E-state index < -0.39 is 0 Å². The van der Waals surface area contributed by atoms with Crippen molar-refractivity contribution in [2.24, 2.45) is 7.05 Å². The Hall–Kier alpha value is -0.390. The van der Waals surface area contributed by atoms with Gasteiger partial charge in [0.1, 0.15) is 0 Å². The van der Waals surface area contributed by atoms with Crippen LogP contribution >= 0.6 is 15.9 Å². The highest BCUT2D eigenvalue weighted by Gasteiger charge is 2.38. The largest absolute Gasteiger partial charge is 0.308 e. The minimum absolute atomic E-state index is 0.366. The van der Waals surface area contributed by atoms with Crippen molar-refractivity contribution >= 4 is 15.9 Å². The highest BCUT2D eigenvalue weighted by Crippen LogP contribution is 2.33. The number of hydrogen-bond acceptors (Lipinski definition) is 3. The molecule has 0 bridgehead atoms. The van der Waals surface area contributed by atoms with Gasteiger partial charge in [0.2, 0.25) is 0 Å². The third kappa shape index (κ3) is 3.06. The van der Waals surface area contributed by atoms with Crippen molar-refractivity contribution in [3.63, 3.8) is 0 Å². The molecule has 1 atom stereocenters. The molecule has 1 saturated heterocycles. The van der Waals surface area contributed by atoms with Gasteiger partial charge >= 0.3 is 0 Å². The number of piperazine rings is 1. The number of nitrogens with one attached hydrogen (secondary N) is 1. The van der Waals surface area contributed by atoms with Crippen molar-refractivity contribution in [2.75, 3.05) is 13.1 Å². The Morgan fingerprint density at radius 3 is 2.67 bits per heavy atom. The van der Waals surface area contributed by atoms with Crippen LogP contribution in [0, 0.1) is 6.92 Å². The van der Waals surface area contributed by atoms with Crippen molar-refractivity contribution in [1.82, 2.24) is 20.0 Å². The number of aromatic nitrogens is 2. The average molecular weight is 355 g/mol. The van der Waals surface area contributed by atoms with E-state index in [1.54, 1.807) is 0 Å². The highest BCUT2D eigenvalue weighted by atomic mass is 79.9. The summed E-state index contributed by atoms with van der Waals surface area (Å²) in [5.41, 5.74) is 2.75. The van der Waals surface area contributed by atoms with Gasteiger partial charge in [-0.3, -0.25) is 9.58 Å². The predicted molar refractivity (Wildman–Crippen MR) is 89.3 cm³/mol. The summed E-state index contributed by atoms with van der Waals surface area (Å²) in [5, 5.41) is 8.39. The van der Waals surface area contributed by atoms with Crippen molar-refractivity contribution < 1.29 is 0 Å². The van der Waals surface area contributed by atoms with E-state index in [0.29, 0.717) is 11.6 Å². The lowest BCUT2D eigenvalue weighted by Crippen LogP contribution is -2.63. The monoisotopic (exact) mass is 354 g/mol. The van der Waals surface area contributed by atoms with Crippen molar-refractivity contribution in [3.05, 3.63) is 15.9 Å². The Balaban J connectivity index is 1.76. The lowest BCUT2D eigenvalue weighted by atomic mass is 9.79. The summed E-state index contributed by atoms with van der Waals surface area (Å²) < 4.78 is 3.20. The molecule has 2 heterocycles. The fourth-order valence-corrected chi connectivity index (χ4v) is 4.37. The van der Waals surface area contributed by atoms with Gasteiger partial charge in [0.25, 0.3) is 0 Å². The zero-order valence-corrected chi connectivity index (χ0v) is 15.0. The molecule has 1 aliphatic heterocycles. The molecular weight excluding hydrogens is 328 g/mol. The van der Waals surface area contributed by atoms with Gasteiger partial charge in [0.15, 0.2) is 0 Å². The summed E-state index contributed by atoms with van der Waals surface area (Å²) in [4.78, 5) is 2.64. The molecule has 1 spiro atoms. The Morgan fingerprint density at radius 2 is 2.05 bits per heavy atom. The average Bonchev–Trinajstić information content (AvgIpc) is 2.71. The van der Waals surface area contributed by atoms with Crippen molar-refractivity contribution in [1.29, 1.82) is 0 Å². The third-order valence-corrected chi connectivity index (χ3v) is 6.36. The van der Waals surface area contributed by atoms with Crippen LogP contribution in [0.15, 0.2) is 4.47 Å². The van der Waals surface area contributed by atoms with Gasteiger partial charge in [-0.15, -0.1) is 0 Å². The molecule has 0 radical (unpaired) electrons. The zero-order chi connectivity index (χ0) is 15.0. The Morgan fingerprint density at radius 1 is 1.33 bits per heavy atom. The molecule has 1 saturated carbocycles. The minimum atomic E-state index is 0.366. The molecule has 0 amide bonds. The topological polar surface area (TPSA) is 33.1 Å². The molecule has 1 N–H and O–H groups in total. The van der Waals surface area contributed by atoms with E-state index in [1.165, 1.54) is 48.8 Å². The van der Waals surface area contributed by atoms with Crippen LogP contribution in [0.2, 0.25) is 0 Å². The highest BCUT2D eigenvalue weighted by molar-refractivity contribution is 9.10. The third-order valence-electron chi connectivity index (χ3n) is 5.33. The number of halogens is 1. The molecule has 1 aliphatic carbocycles. The van der Waals surface area contributed by atoms with Crippen LogP contribution in [-0.4, -0.2) is 39.4 Å². The fraction of sp³-hybridized carbons (Fsp3) is 0.812. The van der Waals surface area contributed by atoms with Crippen molar-refractivity contribution in [2.45, 2.75) is 64.1 Å². The first-order chi connectivity index (χ1) is 10.0. The van der Waals surface area contributed by atoms with Gasteiger partial charge < -0.3 is 5.32 Å². The Bertz CT molecular complexity index is 505. The minimum Gasteiger partial charge on any atom is -0.308 e. The van der Waals surface area contributed by atoms with E-state index in [1.807, 2.05) is 4.68 Å². The normalized spacial score (nSPS) is 26.4. The summed E-state index contributed by atoms with van der Waals surface area (Å²) >= 11 is 3.71.